The highest BCUT2D eigenvalue weighted by Gasteiger charge is 2.33. The van der Waals surface area contributed by atoms with Crippen LogP contribution in [0.4, 0.5) is 5.69 Å². The molecular formula is C31H39N3O4S. The van der Waals surface area contributed by atoms with Gasteiger partial charge in [-0.05, 0) is 62.1 Å². The molecule has 39 heavy (non-hydrogen) atoms. The molecule has 0 heterocycles. The van der Waals surface area contributed by atoms with E-state index in [0.29, 0.717) is 18.7 Å². The van der Waals surface area contributed by atoms with Gasteiger partial charge in [-0.15, -0.1) is 0 Å². The summed E-state index contributed by atoms with van der Waals surface area (Å²) in [6, 6.07) is 22.2. The molecule has 2 amide bonds. The largest absolute Gasteiger partial charge is 0.354 e. The first-order valence-electron chi connectivity index (χ1n) is 13.4. The Balaban J connectivity index is 2.02. The first kappa shape index (κ1) is 29.9. The van der Waals surface area contributed by atoms with Crippen molar-refractivity contribution in [1.29, 1.82) is 0 Å². The number of anilines is 1. The normalized spacial score (nSPS) is 12.0. The van der Waals surface area contributed by atoms with Crippen LogP contribution in [0.25, 0.3) is 0 Å². The molecule has 8 heteroatoms. The lowest BCUT2D eigenvalue weighted by Crippen LogP contribution is -2.52. The fourth-order valence-electron chi connectivity index (χ4n) is 4.46. The van der Waals surface area contributed by atoms with Crippen molar-refractivity contribution in [3.8, 4) is 0 Å². The molecule has 0 aliphatic rings. The van der Waals surface area contributed by atoms with E-state index in [0.717, 1.165) is 33.8 Å². The van der Waals surface area contributed by atoms with E-state index in [9.17, 15) is 18.0 Å². The van der Waals surface area contributed by atoms with Crippen LogP contribution in [0.5, 0.6) is 0 Å². The van der Waals surface area contributed by atoms with Crippen molar-refractivity contribution in [3.05, 3.63) is 95.6 Å². The number of hydrogen-bond acceptors (Lipinski definition) is 4. The Kier molecular flexibility index (Phi) is 10.7. The van der Waals surface area contributed by atoms with E-state index in [1.54, 1.807) is 36.4 Å². The number of nitrogens with zero attached hydrogens (tertiary/aromatic N) is 2. The lowest BCUT2D eigenvalue weighted by Gasteiger charge is -2.33. The summed E-state index contributed by atoms with van der Waals surface area (Å²) in [6.45, 7) is 8.02. The predicted molar refractivity (Wildman–Crippen MR) is 156 cm³/mol. The van der Waals surface area contributed by atoms with Crippen molar-refractivity contribution >= 4 is 27.5 Å². The van der Waals surface area contributed by atoms with Crippen LogP contribution in [0, 0.1) is 13.8 Å². The molecule has 1 N–H and O–H groups in total. The molecule has 1 unspecified atom stereocenters. The van der Waals surface area contributed by atoms with Gasteiger partial charge in [-0.3, -0.25) is 13.9 Å². The van der Waals surface area contributed by atoms with Crippen LogP contribution in [0.15, 0.2) is 83.8 Å². The number of hydrogen-bond donors (Lipinski definition) is 1. The monoisotopic (exact) mass is 549 g/mol. The van der Waals surface area contributed by atoms with Crippen molar-refractivity contribution in [2.75, 3.05) is 17.4 Å². The van der Waals surface area contributed by atoms with Gasteiger partial charge in [0.15, 0.2) is 0 Å². The number of unbranched alkanes of at least 4 members (excludes halogenated alkanes) is 1. The number of carbonyl (C=O) groups is 2. The summed E-state index contributed by atoms with van der Waals surface area (Å²) in [5, 5.41) is 2.95. The van der Waals surface area contributed by atoms with Crippen molar-refractivity contribution in [1.82, 2.24) is 10.2 Å². The molecule has 0 aliphatic heterocycles. The zero-order valence-corrected chi connectivity index (χ0v) is 24.1. The number of benzene rings is 3. The quantitative estimate of drug-likeness (QED) is 0.296. The fraction of sp³-hybridized carbons (Fsp3) is 0.355. The van der Waals surface area contributed by atoms with Crippen LogP contribution >= 0.6 is 0 Å². The van der Waals surface area contributed by atoms with Gasteiger partial charge < -0.3 is 10.2 Å². The number of carbonyl (C=O) groups excluding carboxylic acids is 2. The second kappa shape index (κ2) is 13.9. The van der Waals surface area contributed by atoms with Gasteiger partial charge in [-0.25, -0.2) is 8.42 Å². The highest BCUT2D eigenvalue weighted by Crippen LogP contribution is 2.25. The lowest BCUT2D eigenvalue weighted by atomic mass is 10.1. The van der Waals surface area contributed by atoms with Crippen molar-refractivity contribution in [2.24, 2.45) is 0 Å². The SMILES string of the molecule is CCCCNC(=O)C(CC)N(Cc1cccc(C)c1)C(=O)CN(c1cccc(C)c1)S(=O)(=O)c1ccccc1. The Bertz CT molecular complexity index is 1360. The standard InChI is InChI=1S/C31H39N3O4S/c1-5-7-19-32-31(36)29(6-2)33(22-26-15-11-13-24(3)20-26)30(35)23-34(27-16-12-14-25(4)21-27)39(37,38)28-17-9-8-10-18-28/h8-18,20-21,29H,5-7,19,22-23H2,1-4H3,(H,32,36). The number of rotatable bonds is 13. The number of amides is 2. The van der Waals surface area contributed by atoms with E-state index in [1.165, 1.54) is 17.0 Å². The average molecular weight is 550 g/mol. The Morgan fingerprint density at radius 2 is 1.54 bits per heavy atom. The Labute approximate surface area is 232 Å². The Morgan fingerprint density at radius 3 is 2.15 bits per heavy atom. The van der Waals surface area contributed by atoms with Crippen LogP contribution in [0.1, 0.15) is 49.8 Å². The first-order chi connectivity index (χ1) is 18.7. The van der Waals surface area contributed by atoms with Crippen LogP contribution < -0.4 is 9.62 Å². The maximum atomic E-state index is 14.1. The smallest absolute Gasteiger partial charge is 0.264 e. The minimum atomic E-state index is -4.06. The summed E-state index contributed by atoms with van der Waals surface area (Å²) in [4.78, 5) is 28.9. The van der Waals surface area contributed by atoms with Gasteiger partial charge in [0.2, 0.25) is 11.8 Å². The molecule has 3 rings (SSSR count). The number of aryl methyl sites for hydroxylation is 2. The minimum absolute atomic E-state index is 0.0916. The molecule has 0 aliphatic carbocycles. The summed E-state index contributed by atoms with van der Waals surface area (Å²) in [5.74, 6) is -0.685. The highest BCUT2D eigenvalue weighted by atomic mass is 32.2. The van der Waals surface area contributed by atoms with Gasteiger partial charge in [0.25, 0.3) is 10.0 Å². The molecule has 3 aromatic carbocycles. The molecule has 0 saturated carbocycles. The van der Waals surface area contributed by atoms with E-state index >= 15 is 0 Å². The molecule has 7 nitrogen and oxygen atoms in total. The maximum Gasteiger partial charge on any atom is 0.264 e. The first-order valence-corrected chi connectivity index (χ1v) is 14.9. The lowest BCUT2D eigenvalue weighted by molar-refractivity contribution is -0.140. The molecule has 3 aromatic rings. The fourth-order valence-corrected chi connectivity index (χ4v) is 5.89. The van der Waals surface area contributed by atoms with E-state index in [4.69, 9.17) is 0 Å². The summed E-state index contributed by atoms with van der Waals surface area (Å²) < 4.78 is 28.8. The van der Waals surface area contributed by atoms with E-state index in [1.807, 2.05) is 58.0 Å². The van der Waals surface area contributed by atoms with Crippen LogP contribution in [0.2, 0.25) is 0 Å². The summed E-state index contributed by atoms with van der Waals surface area (Å²) >= 11 is 0. The van der Waals surface area contributed by atoms with Crippen LogP contribution in [-0.2, 0) is 26.2 Å². The molecule has 0 radical (unpaired) electrons. The topological polar surface area (TPSA) is 86.8 Å². The van der Waals surface area contributed by atoms with Crippen LogP contribution in [0.3, 0.4) is 0 Å². The molecule has 0 fully saturated rings. The van der Waals surface area contributed by atoms with Gasteiger partial charge in [0.1, 0.15) is 12.6 Å². The van der Waals surface area contributed by atoms with Crippen LogP contribution in [-0.4, -0.2) is 44.3 Å². The Hall–Kier alpha value is -3.65. The number of nitrogens with one attached hydrogen (secondary N) is 1. The van der Waals surface area contributed by atoms with E-state index < -0.39 is 28.5 Å². The molecule has 0 bridgehead atoms. The third kappa shape index (κ3) is 7.93. The summed E-state index contributed by atoms with van der Waals surface area (Å²) in [6.07, 6.45) is 2.17. The maximum absolute atomic E-state index is 14.1. The molecule has 0 spiro atoms. The van der Waals surface area contributed by atoms with Gasteiger partial charge in [-0.2, -0.15) is 0 Å². The second-order valence-corrected chi connectivity index (χ2v) is 11.6. The molecular weight excluding hydrogens is 510 g/mol. The van der Waals surface area contributed by atoms with Crippen molar-refractivity contribution in [3.63, 3.8) is 0 Å². The zero-order chi connectivity index (χ0) is 28.4. The molecule has 1 atom stereocenters. The minimum Gasteiger partial charge on any atom is -0.354 e. The molecule has 208 valence electrons. The molecule has 0 saturated heterocycles. The highest BCUT2D eigenvalue weighted by molar-refractivity contribution is 7.92. The van der Waals surface area contributed by atoms with Crippen molar-refractivity contribution in [2.45, 2.75) is 64.4 Å². The van der Waals surface area contributed by atoms with E-state index in [2.05, 4.69) is 5.32 Å². The third-order valence-corrected chi connectivity index (χ3v) is 8.34. The van der Waals surface area contributed by atoms with Crippen molar-refractivity contribution < 1.29 is 18.0 Å². The van der Waals surface area contributed by atoms with Gasteiger partial charge in [0.05, 0.1) is 10.6 Å². The third-order valence-electron chi connectivity index (χ3n) is 6.55. The van der Waals surface area contributed by atoms with Gasteiger partial charge in [0, 0.05) is 13.1 Å². The number of sulfonamides is 1. The predicted octanol–water partition coefficient (Wildman–Crippen LogP) is 5.22. The zero-order valence-electron chi connectivity index (χ0n) is 23.3. The average Bonchev–Trinajstić information content (AvgIpc) is 2.92. The molecule has 0 aromatic heterocycles. The Morgan fingerprint density at radius 1 is 0.872 bits per heavy atom. The summed E-state index contributed by atoms with van der Waals surface area (Å²) in [5.41, 5.74) is 3.17. The second-order valence-electron chi connectivity index (χ2n) is 9.74. The van der Waals surface area contributed by atoms with Gasteiger partial charge >= 0.3 is 0 Å². The van der Waals surface area contributed by atoms with Gasteiger partial charge in [-0.1, -0.05) is 80.4 Å². The summed E-state index contributed by atoms with van der Waals surface area (Å²) in [7, 11) is -4.06. The van der Waals surface area contributed by atoms with E-state index in [-0.39, 0.29) is 17.3 Å².